The van der Waals surface area contributed by atoms with Crippen LogP contribution in [-0.2, 0) is 5.41 Å². The monoisotopic (exact) mass is 779 g/mol. The van der Waals surface area contributed by atoms with Crippen LogP contribution >= 0.6 is 0 Å². The normalized spacial score (nSPS) is 14.8. The average Bonchev–Trinajstić information content (AvgIpc) is 3.85. The number of furan rings is 1. The van der Waals surface area contributed by atoms with Crippen molar-refractivity contribution < 1.29 is 9.15 Å². The summed E-state index contributed by atoms with van der Waals surface area (Å²) in [5.74, 6) is 3.59. The lowest BCUT2D eigenvalue weighted by Crippen LogP contribution is -2.32. The van der Waals surface area contributed by atoms with Crippen LogP contribution in [0.3, 0.4) is 0 Å². The Hall–Kier alpha value is -8.15. The van der Waals surface area contributed by atoms with Crippen LogP contribution in [0.15, 0.2) is 205 Å². The molecule has 0 fully saturated rings. The number of aromatic nitrogens is 3. The number of ether oxygens (including phenoxy) is 1. The number of para-hydroxylation sites is 2. The van der Waals surface area contributed by atoms with Crippen molar-refractivity contribution in [1.82, 2.24) is 15.0 Å². The minimum Gasteiger partial charge on any atom is -0.457 e. The molecule has 13 rings (SSSR count). The molecular weight excluding hydrogens is 747 g/mol. The Balaban J connectivity index is 0.948. The second kappa shape index (κ2) is 12.9. The van der Waals surface area contributed by atoms with Crippen LogP contribution in [-0.4, -0.2) is 15.0 Å². The van der Waals surface area contributed by atoms with Gasteiger partial charge in [0.25, 0.3) is 0 Å². The summed E-state index contributed by atoms with van der Waals surface area (Å²) in [6, 6.07) is 70.1. The molecule has 1 spiro atoms. The maximum Gasteiger partial charge on any atom is 0.164 e. The second-order valence-electron chi connectivity index (χ2n) is 15.8. The fraction of sp³-hybridized carbons (Fsp3) is 0.0179. The Morgan fingerprint density at radius 2 is 0.967 bits per heavy atom. The van der Waals surface area contributed by atoms with E-state index in [1.807, 2.05) is 36.4 Å². The van der Waals surface area contributed by atoms with Crippen molar-refractivity contribution in [3.63, 3.8) is 0 Å². The van der Waals surface area contributed by atoms with Crippen molar-refractivity contribution in [3.8, 4) is 67.9 Å². The zero-order valence-electron chi connectivity index (χ0n) is 32.7. The number of nitrogens with zero attached hydrogens (tertiary/aromatic N) is 3. The third kappa shape index (κ3) is 4.92. The Morgan fingerprint density at radius 1 is 0.361 bits per heavy atom. The van der Waals surface area contributed by atoms with Gasteiger partial charge in [-0.3, -0.25) is 0 Å². The summed E-state index contributed by atoms with van der Waals surface area (Å²) < 4.78 is 13.3. The van der Waals surface area contributed by atoms with Gasteiger partial charge in [-0.05, 0) is 68.4 Å². The zero-order valence-corrected chi connectivity index (χ0v) is 32.7. The molecule has 0 N–H and O–H groups in total. The Labute approximate surface area is 351 Å². The van der Waals surface area contributed by atoms with Crippen LogP contribution in [0.25, 0.3) is 89.1 Å². The van der Waals surface area contributed by atoms with Gasteiger partial charge in [0.2, 0.25) is 0 Å². The van der Waals surface area contributed by atoms with Gasteiger partial charge in [-0.25, -0.2) is 15.0 Å². The first kappa shape index (κ1) is 33.8. The molecule has 11 aromatic rings. The molecule has 2 aromatic heterocycles. The van der Waals surface area contributed by atoms with Crippen LogP contribution in [0, 0.1) is 0 Å². The van der Waals surface area contributed by atoms with Gasteiger partial charge in [0.1, 0.15) is 22.7 Å². The van der Waals surface area contributed by atoms with Gasteiger partial charge in [0, 0.05) is 38.6 Å². The molecular formula is C56H33N3O2. The predicted molar refractivity (Wildman–Crippen MR) is 244 cm³/mol. The summed E-state index contributed by atoms with van der Waals surface area (Å²) in [5.41, 5.74) is 13.3. The standard InChI is InChI=1S/C56H33N3O2/c1-2-14-36(15-3-1)53-57-54(59-55(58-53)40-20-12-16-35-13-4-5-17-39(35)40)37-27-25-34(26-28-37)38-29-30-45-50(33-38)61-48-24-11-9-22-44(48)56(45)43-21-8-6-18-41(43)51-46(56)31-32-49-52(51)42-19-7-10-23-47(42)60-49/h1-33H. The molecule has 1 unspecified atom stereocenters. The van der Waals surface area contributed by atoms with Crippen LogP contribution in [0.5, 0.6) is 11.5 Å². The van der Waals surface area contributed by atoms with E-state index >= 15 is 0 Å². The number of hydrogen-bond acceptors (Lipinski definition) is 5. The smallest absolute Gasteiger partial charge is 0.164 e. The van der Waals surface area contributed by atoms with E-state index in [0.29, 0.717) is 17.5 Å². The van der Waals surface area contributed by atoms with Crippen molar-refractivity contribution in [2.24, 2.45) is 0 Å². The SMILES string of the molecule is c1ccc(-c2nc(-c3ccc(-c4ccc5c(c4)Oc4ccccc4C54c5ccccc5-c5c4ccc4oc6ccccc6c54)cc3)nc(-c3cccc4ccccc34)n2)cc1. The van der Waals surface area contributed by atoms with E-state index in [1.165, 1.54) is 22.3 Å². The Bertz CT molecular complexity index is 3570. The fourth-order valence-corrected chi connectivity index (χ4v) is 9.96. The van der Waals surface area contributed by atoms with Crippen LogP contribution in [0.2, 0.25) is 0 Å². The first-order valence-electron chi connectivity index (χ1n) is 20.6. The van der Waals surface area contributed by atoms with Gasteiger partial charge in [0.15, 0.2) is 17.5 Å². The summed E-state index contributed by atoms with van der Waals surface area (Å²) in [4.78, 5) is 15.1. The zero-order chi connectivity index (χ0) is 40.1. The largest absolute Gasteiger partial charge is 0.457 e. The highest BCUT2D eigenvalue weighted by Gasteiger charge is 2.51. The maximum absolute atomic E-state index is 6.89. The number of benzene rings is 9. The van der Waals surface area contributed by atoms with E-state index < -0.39 is 5.41 Å². The molecule has 0 bridgehead atoms. The fourth-order valence-electron chi connectivity index (χ4n) is 9.96. The molecule has 0 radical (unpaired) electrons. The summed E-state index contributed by atoms with van der Waals surface area (Å²) >= 11 is 0. The minimum absolute atomic E-state index is 0.595. The van der Waals surface area contributed by atoms with Gasteiger partial charge < -0.3 is 9.15 Å². The Morgan fingerprint density at radius 3 is 1.84 bits per heavy atom. The lowest BCUT2D eigenvalue weighted by atomic mass is 9.66. The topological polar surface area (TPSA) is 61.0 Å². The molecule has 1 aliphatic heterocycles. The molecule has 284 valence electrons. The third-order valence-electron chi connectivity index (χ3n) is 12.6. The van der Waals surface area contributed by atoms with E-state index in [4.69, 9.17) is 24.1 Å². The molecule has 0 saturated heterocycles. The first-order valence-corrected chi connectivity index (χ1v) is 20.6. The van der Waals surface area contributed by atoms with Gasteiger partial charge in [-0.15, -0.1) is 0 Å². The highest BCUT2D eigenvalue weighted by atomic mass is 16.5. The van der Waals surface area contributed by atoms with E-state index in [1.54, 1.807) is 0 Å². The molecule has 0 saturated carbocycles. The summed E-state index contributed by atoms with van der Waals surface area (Å²) in [7, 11) is 0. The van der Waals surface area contributed by atoms with E-state index in [2.05, 4.69) is 164 Å². The molecule has 0 amide bonds. The summed E-state index contributed by atoms with van der Waals surface area (Å²) in [5, 5.41) is 4.52. The molecule has 9 aromatic carbocycles. The Kier molecular flexibility index (Phi) is 7.16. The van der Waals surface area contributed by atoms with E-state index in [9.17, 15) is 0 Å². The first-order chi connectivity index (χ1) is 30.2. The van der Waals surface area contributed by atoms with Crippen molar-refractivity contribution in [1.29, 1.82) is 0 Å². The lowest BCUT2D eigenvalue weighted by Gasteiger charge is -2.39. The van der Waals surface area contributed by atoms with E-state index in [-0.39, 0.29) is 0 Å². The molecule has 5 nitrogen and oxygen atoms in total. The third-order valence-corrected chi connectivity index (χ3v) is 12.6. The van der Waals surface area contributed by atoms with Gasteiger partial charge in [0.05, 0.1) is 5.41 Å². The van der Waals surface area contributed by atoms with Gasteiger partial charge >= 0.3 is 0 Å². The molecule has 1 aliphatic carbocycles. The van der Waals surface area contributed by atoms with Crippen molar-refractivity contribution in [2.75, 3.05) is 0 Å². The van der Waals surface area contributed by atoms with Crippen molar-refractivity contribution in [3.05, 3.63) is 222 Å². The summed E-state index contributed by atoms with van der Waals surface area (Å²) in [6.07, 6.45) is 0. The minimum atomic E-state index is -0.595. The van der Waals surface area contributed by atoms with Crippen LogP contribution in [0.1, 0.15) is 22.3 Å². The average molecular weight is 780 g/mol. The maximum atomic E-state index is 6.89. The van der Waals surface area contributed by atoms with Gasteiger partial charge in [-0.1, -0.05) is 176 Å². The highest BCUT2D eigenvalue weighted by molar-refractivity contribution is 6.15. The van der Waals surface area contributed by atoms with Crippen molar-refractivity contribution >= 4 is 32.7 Å². The van der Waals surface area contributed by atoms with Gasteiger partial charge in [-0.2, -0.15) is 0 Å². The van der Waals surface area contributed by atoms with Crippen molar-refractivity contribution in [2.45, 2.75) is 5.41 Å². The lowest BCUT2D eigenvalue weighted by molar-refractivity contribution is 0.436. The quantitative estimate of drug-likeness (QED) is 0.178. The number of fused-ring (bicyclic) bond motifs is 14. The molecule has 3 heterocycles. The number of hydrogen-bond donors (Lipinski definition) is 0. The molecule has 5 heteroatoms. The van der Waals surface area contributed by atoms with E-state index in [0.717, 1.165) is 83.2 Å². The highest BCUT2D eigenvalue weighted by Crippen LogP contribution is 2.63. The molecule has 1 atom stereocenters. The van der Waals surface area contributed by atoms with Crippen LogP contribution < -0.4 is 4.74 Å². The van der Waals surface area contributed by atoms with Crippen LogP contribution in [0.4, 0.5) is 0 Å². The molecule has 2 aliphatic rings. The predicted octanol–water partition coefficient (Wildman–Crippen LogP) is 14.1. The second-order valence-corrected chi connectivity index (χ2v) is 15.8. The number of rotatable bonds is 4. The molecule has 61 heavy (non-hydrogen) atoms. The summed E-state index contributed by atoms with van der Waals surface area (Å²) in [6.45, 7) is 0.